The SMILES string of the molecule is Cc1ccc(C2CC(=O)CC2c2ccc(C)cc2)cc1. The zero-order valence-electron chi connectivity index (χ0n) is 12.1. The number of rotatable bonds is 2. The fraction of sp³-hybridized carbons (Fsp3) is 0.316. The van der Waals surface area contributed by atoms with Crippen molar-refractivity contribution in [3.05, 3.63) is 70.8 Å². The summed E-state index contributed by atoms with van der Waals surface area (Å²) in [5.74, 6) is 1.07. The van der Waals surface area contributed by atoms with E-state index in [2.05, 4.69) is 62.4 Å². The number of carbonyl (C=O) groups is 1. The van der Waals surface area contributed by atoms with Gasteiger partial charge in [0.05, 0.1) is 0 Å². The lowest BCUT2D eigenvalue weighted by Gasteiger charge is -2.20. The molecule has 1 nitrogen and oxygen atoms in total. The summed E-state index contributed by atoms with van der Waals surface area (Å²) in [6.07, 6.45) is 1.36. The molecule has 2 aromatic rings. The number of ketones is 1. The predicted molar refractivity (Wildman–Crippen MR) is 82.1 cm³/mol. The average Bonchev–Trinajstić information content (AvgIpc) is 2.82. The van der Waals surface area contributed by atoms with Crippen molar-refractivity contribution < 1.29 is 4.79 Å². The van der Waals surface area contributed by atoms with Gasteiger partial charge < -0.3 is 0 Å². The Hall–Kier alpha value is -1.89. The molecule has 2 unspecified atom stereocenters. The highest BCUT2D eigenvalue weighted by atomic mass is 16.1. The van der Waals surface area contributed by atoms with E-state index >= 15 is 0 Å². The van der Waals surface area contributed by atoms with Crippen LogP contribution >= 0.6 is 0 Å². The molecule has 0 saturated heterocycles. The molecule has 3 rings (SSSR count). The maximum atomic E-state index is 11.9. The lowest BCUT2D eigenvalue weighted by atomic mass is 9.84. The lowest BCUT2D eigenvalue weighted by molar-refractivity contribution is -0.117. The van der Waals surface area contributed by atoms with Gasteiger partial charge >= 0.3 is 0 Å². The van der Waals surface area contributed by atoms with Crippen LogP contribution in [0.25, 0.3) is 0 Å². The van der Waals surface area contributed by atoms with Gasteiger partial charge in [0.25, 0.3) is 0 Å². The average molecular weight is 264 g/mol. The highest BCUT2D eigenvalue weighted by Crippen LogP contribution is 2.44. The summed E-state index contributed by atoms with van der Waals surface area (Å²) in [6.45, 7) is 4.20. The zero-order valence-corrected chi connectivity index (χ0v) is 12.1. The van der Waals surface area contributed by atoms with E-state index in [1.807, 2.05) is 0 Å². The van der Waals surface area contributed by atoms with Crippen LogP contribution in [0.5, 0.6) is 0 Å². The van der Waals surface area contributed by atoms with Crippen LogP contribution in [0.15, 0.2) is 48.5 Å². The van der Waals surface area contributed by atoms with Crippen LogP contribution in [0.3, 0.4) is 0 Å². The topological polar surface area (TPSA) is 17.1 Å². The van der Waals surface area contributed by atoms with E-state index in [0.717, 1.165) is 0 Å². The molecule has 2 aromatic carbocycles. The highest BCUT2D eigenvalue weighted by molar-refractivity contribution is 5.83. The second-order valence-corrected chi connectivity index (χ2v) is 5.98. The van der Waals surface area contributed by atoms with Crippen LogP contribution in [0.1, 0.15) is 46.9 Å². The van der Waals surface area contributed by atoms with Gasteiger partial charge in [-0.15, -0.1) is 0 Å². The molecule has 0 aliphatic heterocycles. The summed E-state index contributed by atoms with van der Waals surface area (Å²) in [6, 6.07) is 17.3. The molecule has 1 aliphatic carbocycles. The Morgan fingerprint density at radius 2 is 1.05 bits per heavy atom. The smallest absolute Gasteiger partial charge is 0.134 e. The summed E-state index contributed by atoms with van der Waals surface area (Å²) >= 11 is 0. The van der Waals surface area contributed by atoms with Gasteiger partial charge in [-0.05, 0) is 36.8 Å². The molecule has 0 heterocycles. The Labute approximate surface area is 120 Å². The first-order valence-corrected chi connectivity index (χ1v) is 7.28. The van der Waals surface area contributed by atoms with Gasteiger partial charge in [-0.2, -0.15) is 0 Å². The number of hydrogen-bond acceptors (Lipinski definition) is 1. The van der Waals surface area contributed by atoms with Gasteiger partial charge in [-0.3, -0.25) is 4.79 Å². The van der Waals surface area contributed by atoms with Crippen LogP contribution in [-0.2, 0) is 4.79 Å². The van der Waals surface area contributed by atoms with Gasteiger partial charge in [0, 0.05) is 12.8 Å². The maximum absolute atomic E-state index is 11.9. The Balaban J connectivity index is 1.94. The molecule has 0 N–H and O–H groups in total. The van der Waals surface area contributed by atoms with E-state index in [0.29, 0.717) is 30.5 Å². The van der Waals surface area contributed by atoms with Crippen molar-refractivity contribution in [2.45, 2.75) is 38.5 Å². The van der Waals surface area contributed by atoms with Crippen molar-refractivity contribution in [3.8, 4) is 0 Å². The van der Waals surface area contributed by atoms with Crippen LogP contribution in [0.4, 0.5) is 0 Å². The van der Waals surface area contributed by atoms with Crippen molar-refractivity contribution in [3.63, 3.8) is 0 Å². The zero-order chi connectivity index (χ0) is 14.1. The van der Waals surface area contributed by atoms with Crippen LogP contribution in [0.2, 0.25) is 0 Å². The Bertz CT molecular complexity index is 552. The fourth-order valence-electron chi connectivity index (χ4n) is 3.19. The number of benzene rings is 2. The molecule has 0 spiro atoms. The second-order valence-electron chi connectivity index (χ2n) is 5.98. The van der Waals surface area contributed by atoms with Crippen LogP contribution < -0.4 is 0 Å². The van der Waals surface area contributed by atoms with E-state index in [1.165, 1.54) is 22.3 Å². The molecule has 2 atom stereocenters. The first-order chi connectivity index (χ1) is 9.63. The van der Waals surface area contributed by atoms with Gasteiger partial charge in [0.15, 0.2) is 0 Å². The Morgan fingerprint density at radius 1 is 0.700 bits per heavy atom. The number of aryl methyl sites for hydroxylation is 2. The number of Topliss-reactive ketones (excluding diaryl/α,β-unsaturated/α-hetero) is 1. The van der Waals surface area contributed by atoms with Crippen molar-refractivity contribution in [2.24, 2.45) is 0 Å². The van der Waals surface area contributed by atoms with Crippen molar-refractivity contribution in [1.82, 2.24) is 0 Å². The van der Waals surface area contributed by atoms with Crippen molar-refractivity contribution in [1.29, 1.82) is 0 Å². The monoisotopic (exact) mass is 264 g/mol. The normalized spacial score (nSPS) is 22.2. The third kappa shape index (κ3) is 2.53. The number of hydrogen-bond donors (Lipinski definition) is 0. The molecule has 102 valence electrons. The molecule has 1 saturated carbocycles. The molecular formula is C19H20O. The molecule has 1 heteroatoms. The van der Waals surface area contributed by atoms with Gasteiger partial charge in [-0.25, -0.2) is 0 Å². The summed E-state index contributed by atoms with van der Waals surface area (Å²) in [4.78, 5) is 11.9. The summed E-state index contributed by atoms with van der Waals surface area (Å²) in [5, 5.41) is 0. The second kappa shape index (κ2) is 5.24. The van der Waals surface area contributed by atoms with Gasteiger partial charge in [0.2, 0.25) is 0 Å². The Morgan fingerprint density at radius 3 is 1.40 bits per heavy atom. The third-order valence-corrected chi connectivity index (χ3v) is 4.39. The quantitative estimate of drug-likeness (QED) is 0.778. The van der Waals surface area contributed by atoms with Crippen molar-refractivity contribution in [2.75, 3.05) is 0 Å². The minimum atomic E-state index is 0.339. The minimum absolute atomic E-state index is 0.339. The minimum Gasteiger partial charge on any atom is -0.300 e. The highest BCUT2D eigenvalue weighted by Gasteiger charge is 2.34. The first-order valence-electron chi connectivity index (χ1n) is 7.28. The molecule has 0 radical (unpaired) electrons. The molecule has 20 heavy (non-hydrogen) atoms. The number of carbonyl (C=O) groups excluding carboxylic acids is 1. The van der Waals surface area contributed by atoms with Crippen LogP contribution in [-0.4, -0.2) is 5.78 Å². The molecular weight excluding hydrogens is 244 g/mol. The van der Waals surface area contributed by atoms with Gasteiger partial charge in [-0.1, -0.05) is 59.7 Å². The fourth-order valence-corrected chi connectivity index (χ4v) is 3.19. The van der Waals surface area contributed by atoms with E-state index in [9.17, 15) is 4.79 Å². The maximum Gasteiger partial charge on any atom is 0.134 e. The summed E-state index contributed by atoms with van der Waals surface area (Å²) in [5.41, 5.74) is 5.13. The molecule has 1 fully saturated rings. The lowest BCUT2D eigenvalue weighted by Crippen LogP contribution is -2.04. The van der Waals surface area contributed by atoms with E-state index < -0.39 is 0 Å². The predicted octanol–water partition coefficient (Wildman–Crippen LogP) is 4.53. The molecule has 0 bridgehead atoms. The molecule has 1 aliphatic rings. The van der Waals surface area contributed by atoms with Gasteiger partial charge in [0.1, 0.15) is 5.78 Å². The molecule has 0 aromatic heterocycles. The standard InChI is InChI=1S/C19H20O/c1-13-3-7-15(8-4-13)18-11-17(20)12-19(18)16-9-5-14(2)6-10-16/h3-10,18-19H,11-12H2,1-2H3. The summed E-state index contributed by atoms with van der Waals surface area (Å²) in [7, 11) is 0. The summed E-state index contributed by atoms with van der Waals surface area (Å²) < 4.78 is 0. The van der Waals surface area contributed by atoms with E-state index in [4.69, 9.17) is 0 Å². The third-order valence-electron chi connectivity index (χ3n) is 4.39. The van der Waals surface area contributed by atoms with Crippen molar-refractivity contribution >= 4 is 5.78 Å². The largest absolute Gasteiger partial charge is 0.300 e. The van der Waals surface area contributed by atoms with E-state index in [1.54, 1.807) is 0 Å². The Kier molecular flexibility index (Phi) is 3.43. The van der Waals surface area contributed by atoms with E-state index in [-0.39, 0.29) is 0 Å². The molecule has 0 amide bonds. The van der Waals surface area contributed by atoms with Crippen LogP contribution in [0, 0.1) is 13.8 Å². The first kappa shape index (κ1) is 13.1.